The van der Waals surface area contributed by atoms with Gasteiger partial charge in [0.05, 0.1) is 0 Å². The monoisotopic (exact) mass is 249 g/mol. The normalized spacial score (nSPS) is 35.1. The molecule has 3 rings (SSSR count). The van der Waals surface area contributed by atoms with Crippen molar-refractivity contribution in [2.45, 2.75) is 50.7 Å². The number of nitrogens with two attached hydrogens (primary N) is 1. The Kier molecular flexibility index (Phi) is 2.81. The van der Waals surface area contributed by atoms with Crippen LogP contribution < -0.4 is 10.5 Å². The van der Waals surface area contributed by atoms with Gasteiger partial charge in [0.15, 0.2) is 0 Å². The van der Waals surface area contributed by atoms with Gasteiger partial charge < -0.3 is 10.5 Å². The van der Waals surface area contributed by atoms with Gasteiger partial charge in [-0.15, -0.1) is 0 Å². The molecule has 1 atom stereocenters. The Bertz CT molecular complexity index is 452. The van der Waals surface area contributed by atoms with Gasteiger partial charge in [-0.25, -0.2) is 4.39 Å². The zero-order chi connectivity index (χ0) is 12.8. The third-order valence-corrected chi connectivity index (χ3v) is 4.48. The van der Waals surface area contributed by atoms with E-state index in [9.17, 15) is 4.39 Å². The minimum absolute atomic E-state index is 0.0992. The van der Waals surface area contributed by atoms with Crippen LogP contribution in [-0.4, -0.2) is 5.60 Å². The predicted molar refractivity (Wildman–Crippen MR) is 68.9 cm³/mol. The third kappa shape index (κ3) is 2.01. The van der Waals surface area contributed by atoms with E-state index in [-0.39, 0.29) is 17.5 Å². The van der Waals surface area contributed by atoms with Gasteiger partial charge in [-0.3, -0.25) is 0 Å². The summed E-state index contributed by atoms with van der Waals surface area (Å²) in [7, 11) is 0. The summed E-state index contributed by atoms with van der Waals surface area (Å²) in [5, 5.41) is 0. The molecule has 0 bridgehead atoms. The van der Waals surface area contributed by atoms with Gasteiger partial charge in [0.25, 0.3) is 0 Å². The average molecular weight is 249 g/mol. The molecule has 18 heavy (non-hydrogen) atoms. The fraction of sp³-hybridized carbons (Fsp3) is 0.600. The molecule has 98 valence electrons. The Hall–Kier alpha value is -1.09. The molecule has 0 saturated heterocycles. The molecule has 0 amide bonds. The van der Waals surface area contributed by atoms with E-state index in [4.69, 9.17) is 10.5 Å². The number of halogens is 1. The van der Waals surface area contributed by atoms with E-state index in [0.717, 1.165) is 36.5 Å². The van der Waals surface area contributed by atoms with Crippen LogP contribution in [0, 0.1) is 11.7 Å². The average Bonchev–Trinajstić information content (AvgIpc) is 2.35. The highest BCUT2D eigenvalue weighted by Crippen LogP contribution is 2.46. The molecule has 0 unspecified atom stereocenters. The summed E-state index contributed by atoms with van der Waals surface area (Å²) in [6, 6.07) is 4.59. The van der Waals surface area contributed by atoms with Crippen LogP contribution in [-0.2, 0) is 0 Å². The van der Waals surface area contributed by atoms with Gasteiger partial charge in [-0.05, 0) is 49.8 Å². The second kappa shape index (κ2) is 4.23. The van der Waals surface area contributed by atoms with Crippen molar-refractivity contribution in [2.24, 2.45) is 11.7 Å². The molecular formula is C15H20FNO. The van der Waals surface area contributed by atoms with Crippen molar-refractivity contribution in [1.29, 1.82) is 0 Å². The van der Waals surface area contributed by atoms with Gasteiger partial charge in [-0.2, -0.15) is 0 Å². The predicted octanol–water partition coefficient (Wildman–Crippen LogP) is 3.56. The van der Waals surface area contributed by atoms with Gasteiger partial charge in [0.2, 0.25) is 0 Å². The van der Waals surface area contributed by atoms with E-state index in [1.807, 2.05) is 0 Å². The van der Waals surface area contributed by atoms with E-state index < -0.39 is 0 Å². The highest BCUT2D eigenvalue weighted by Gasteiger charge is 2.41. The molecule has 1 fully saturated rings. The number of fused-ring (bicyclic) bond motifs is 1. The minimum Gasteiger partial charge on any atom is -0.487 e. The molecule has 1 aromatic carbocycles. The first-order valence-electron chi connectivity index (χ1n) is 6.82. The number of ether oxygens (including phenoxy) is 1. The maximum atomic E-state index is 13.2. The molecule has 3 heteroatoms. The molecule has 1 saturated carbocycles. The van der Waals surface area contributed by atoms with Crippen LogP contribution in [0.1, 0.15) is 50.6 Å². The lowest BCUT2D eigenvalue weighted by molar-refractivity contribution is -0.00866. The SMILES string of the molecule is CC1CCC2(CC1)C[C@@H](N)c1cc(F)ccc1O2. The number of hydrogen-bond donors (Lipinski definition) is 1. The van der Waals surface area contributed by atoms with Gasteiger partial charge in [0.1, 0.15) is 17.2 Å². The lowest BCUT2D eigenvalue weighted by Gasteiger charge is -2.45. The van der Waals surface area contributed by atoms with Crippen molar-refractivity contribution >= 4 is 0 Å². The first-order chi connectivity index (χ1) is 8.58. The van der Waals surface area contributed by atoms with E-state index in [1.54, 1.807) is 6.07 Å². The summed E-state index contributed by atoms with van der Waals surface area (Å²) < 4.78 is 19.4. The van der Waals surface area contributed by atoms with Gasteiger partial charge >= 0.3 is 0 Å². The molecule has 0 aromatic heterocycles. The summed E-state index contributed by atoms with van der Waals surface area (Å²) in [6.07, 6.45) is 5.35. The molecule has 1 heterocycles. The van der Waals surface area contributed by atoms with Crippen LogP contribution in [0.25, 0.3) is 0 Å². The molecule has 2 N–H and O–H groups in total. The van der Waals surface area contributed by atoms with Crippen molar-refractivity contribution in [1.82, 2.24) is 0 Å². The lowest BCUT2D eigenvalue weighted by atomic mass is 9.74. The van der Waals surface area contributed by atoms with Crippen LogP contribution in [0.3, 0.4) is 0 Å². The summed E-state index contributed by atoms with van der Waals surface area (Å²) >= 11 is 0. The Morgan fingerprint density at radius 1 is 1.33 bits per heavy atom. The lowest BCUT2D eigenvalue weighted by Crippen LogP contribution is -2.45. The highest BCUT2D eigenvalue weighted by atomic mass is 19.1. The van der Waals surface area contributed by atoms with Crippen LogP contribution in [0.2, 0.25) is 0 Å². The second-order valence-corrected chi connectivity index (χ2v) is 5.96. The van der Waals surface area contributed by atoms with E-state index in [2.05, 4.69) is 6.92 Å². The highest BCUT2D eigenvalue weighted by molar-refractivity contribution is 5.39. The second-order valence-electron chi connectivity index (χ2n) is 5.96. The van der Waals surface area contributed by atoms with Crippen molar-refractivity contribution in [2.75, 3.05) is 0 Å². The third-order valence-electron chi connectivity index (χ3n) is 4.48. The summed E-state index contributed by atoms with van der Waals surface area (Å²) in [4.78, 5) is 0. The first kappa shape index (κ1) is 12.0. The van der Waals surface area contributed by atoms with E-state index >= 15 is 0 Å². The largest absolute Gasteiger partial charge is 0.487 e. The molecule has 1 aromatic rings. The van der Waals surface area contributed by atoms with Crippen LogP contribution in [0.4, 0.5) is 4.39 Å². The Morgan fingerprint density at radius 3 is 2.78 bits per heavy atom. The molecule has 1 aliphatic heterocycles. The molecular weight excluding hydrogens is 229 g/mol. The van der Waals surface area contributed by atoms with E-state index in [1.165, 1.54) is 25.0 Å². The van der Waals surface area contributed by atoms with Crippen LogP contribution in [0.15, 0.2) is 18.2 Å². The van der Waals surface area contributed by atoms with E-state index in [0.29, 0.717) is 0 Å². The standard InChI is InChI=1S/C15H20FNO/c1-10-4-6-15(7-5-10)9-13(17)12-8-11(16)2-3-14(12)18-15/h2-3,8,10,13H,4-7,9,17H2,1H3/t10?,13-,15?/m1/s1. The van der Waals surface area contributed by atoms with Crippen molar-refractivity contribution < 1.29 is 9.13 Å². The maximum absolute atomic E-state index is 13.2. The number of benzene rings is 1. The fourth-order valence-electron chi connectivity index (χ4n) is 3.28. The van der Waals surface area contributed by atoms with Crippen molar-refractivity contribution in [3.63, 3.8) is 0 Å². The number of rotatable bonds is 0. The summed E-state index contributed by atoms with van der Waals surface area (Å²) in [5.41, 5.74) is 6.93. The summed E-state index contributed by atoms with van der Waals surface area (Å²) in [6.45, 7) is 2.29. The fourth-order valence-corrected chi connectivity index (χ4v) is 3.28. The first-order valence-corrected chi connectivity index (χ1v) is 6.82. The van der Waals surface area contributed by atoms with Crippen LogP contribution >= 0.6 is 0 Å². The molecule has 0 radical (unpaired) electrons. The quantitative estimate of drug-likeness (QED) is 0.763. The molecule has 2 aliphatic rings. The number of hydrogen-bond acceptors (Lipinski definition) is 2. The topological polar surface area (TPSA) is 35.2 Å². The zero-order valence-electron chi connectivity index (χ0n) is 10.8. The smallest absolute Gasteiger partial charge is 0.125 e. The van der Waals surface area contributed by atoms with Gasteiger partial charge in [0, 0.05) is 18.0 Å². The maximum Gasteiger partial charge on any atom is 0.125 e. The van der Waals surface area contributed by atoms with Crippen molar-refractivity contribution in [3.8, 4) is 5.75 Å². The van der Waals surface area contributed by atoms with Crippen LogP contribution in [0.5, 0.6) is 5.75 Å². The minimum atomic E-state index is -0.235. The molecule has 2 nitrogen and oxygen atoms in total. The summed E-state index contributed by atoms with van der Waals surface area (Å²) in [5.74, 6) is 1.33. The Labute approximate surface area is 107 Å². The molecule has 1 spiro atoms. The Balaban J connectivity index is 1.89. The van der Waals surface area contributed by atoms with Crippen molar-refractivity contribution in [3.05, 3.63) is 29.6 Å². The zero-order valence-corrected chi connectivity index (χ0v) is 10.8. The van der Waals surface area contributed by atoms with Gasteiger partial charge in [-0.1, -0.05) is 6.92 Å². The molecule has 1 aliphatic carbocycles. The Morgan fingerprint density at radius 2 is 2.06 bits per heavy atom.